The minimum atomic E-state index is -3.01. The molecule has 9 heteroatoms. The SMILES string of the molecule is CCC(C(=O)O)c1c(C)n(C(=O)c2ccc(OC(F)F)cc2)c2cc(F)c(O)cc12. The van der Waals surface area contributed by atoms with Crippen LogP contribution < -0.4 is 4.74 Å². The van der Waals surface area contributed by atoms with Gasteiger partial charge in [-0.05, 0) is 49.2 Å². The minimum absolute atomic E-state index is 0.0930. The van der Waals surface area contributed by atoms with Crippen LogP contribution in [0.5, 0.6) is 11.5 Å². The predicted molar refractivity (Wildman–Crippen MR) is 102 cm³/mol. The molecule has 1 unspecified atom stereocenters. The van der Waals surface area contributed by atoms with Crippen molar-refractivity contribution in [2.75, 3.05) is 0 Å². The van der Waals surface area contributed by atoms with Gasteiger partial charge in [0, 0.05) is 22.7 Å². The highest BCUT2D eigenvalue weighted by atomic mass is 19.3. The van der Waals surface area contributed by atoms with Gasteiger partial charge in [0.1, 0.15) is 5.75 Å². The van der Waals surface area contributed by atoms with Crippen molar-refractivity contribution in [2.24, 2.45) is 0 Å². The van der Waals surface area contributed by atoms with E-state index < -0.39 is 36.0 Å². The molecule has 6 nitrogen and oxygen atoms in total. The van der Waals surface area contributed by atoms with Crippen molar-refractivity contribution in [1.29, 1.82) is 0 Å². The van der Waals surface area contributed by atoms with Gasteiger partial charge in [-0.25, -0.2) is 4.39 Å². The molecule has 0 radical (unpaired) electrons. The third kappa shape index (κ3) is 3.70. The first-order valence-corrected chi connectivity index (χ1v) is 9.01. The van der Waals surface area contributed by atoms with E-state index in [1.54, 1.807) is 6.92 Å². The highest BCUT2D eigenvalue weighted by molar-refractivity contribution is 6.05. The molecule has 0 aliphatic carbocycles. The summed E-state index contributed by atoms with van der Waals surface area (Å²) in [6, 6.07) is 7.00. The molecule has 3 rings (SSSR count). The van der Waals surface area contributed by atoms with Gasteiger partial charge in [0.25, 0.3) is 5.91 Å². The summed E-state index contributed by atoms with van der Waals surface area (Å²) in [6.45, 7) is 0.179. The second kappa shape index (κ2) is 8.10. The molecule has 3 aromatic rings. The number of benzene rings is 2. The number of halogens is 3. The molecule has 0 bridgehead atoms. The molecule has 1 atom stereocenters. The number of hydrogen-bond acceptors (Lipinski definition) is 4. The van der Waals surface area contributed by atoms with Crippen molar-refractivity contribution < 1.29 is 37.7 Å². The Morgan fingerprint density at radius 1 is 1.17 bits per heavy atom. The summed E-state index contributed by atoms with van der Waals surface area (Å²) >= 11 is 0. The zero-order valence-corrected chi connectivity index (χ0v) is 16.0. The smallest absolute Gasteiger partial charge is 0.387 e. The molecule has 1 aromatic heterocycles. The van der Waals surface area contributed by atoms with Crippen LogP contribution in [0.4, 0.5) is 13.2 Å². The topological polar surface area (TPSA) is 88.8 Å². The van der Waals surface area contributed by atoms with Gasteiger partial charge in [0.15, 0.2) is 11.6 Å². The van der Waals surface area contributed by atoms with Crippen LogP contribution in [0.1, 0.15) is 40.9 Å². The molecule has 0 aliphatic rings. The number of phenolic OH excluding ortho intramolecular Hbond substituents is 1. The molecular weight excluding hydrogens is 403 g/mol. The summed E-state index contributed by atoms with van der Waals surface area (Å²) in [5, 5.41) is 19.6. The van der Waals surface area contributed by atoms with Crippen molar-refractivity contribution in [1.82, 2.24) is 4.57 Å². The normalized spacial score (nSPS) is 12.3. The molecule has 1 heterocycles. The van der Waals surface area contributed by atoms with Crippen molar-refractivity contribution in [3.05, 3.63) is 59.0 Å². The van der Waals surface area contributed by atoms with Crippen LogP contribution in [0.15, 0.2) is 36.4 Å². The quantitative estimate of drug-likeness (QED) is 0.604. The third-order valence-corrected chi connectivity index (χ3v) is 4.91. The number of alkyl halides is 2. The van der Waals surface area contributed by atoms with Crippen LogP contribution in [-0.4, -0.2) is 33.3 Å². The number of aromatic hydroxyl groups is 1. The van der Waals surface area contributed by atoms with Gasteiger partial charge < -0.3 is 14.9 Å². The van der Waals surface area contributed by atoms with E-state index in [1.807, 2.05) is 0 Å². The molecule has 30 heavy (non-hydrogen) atoms. The lowest BCUT2D eigenvalue weighted by molar-refractivity contribution is -0.138. The zero-order valence-electron chi connectivity index (χ0n) is 16.0. The van der Waals surface area contributed by atoms with Crippen LogP contribution >= 0.6 is 0 Å². The molecule has 158 valence electrons. The number of carbonyl (C=O) groups is 2. The Kier molecular flexibility index (Phi) is 5.73. The fraction of sp³-hybridized carbons (Fsp3) is 0.238. The van der Waals surface area contributed by atoms with E-state index >= 15 is 0 Å². The van der Waals surface area contributed by atoms with Crippen LogP contribution in [0.3, 0.4) is 0 Å². The van der Waals surface area contributed by atoms with Crippen molar-refractivity contribution in [3.63, 3.8) is 0 Å². The highest BCUT2D eigenvalue weighted by Gasteiger charge is 2.29. The first-order chi connectivity index (χ1) is 14.1. The zero-order chi connectivity index (χ0) is 22.2. The van der Waals surface area contributed by atoms with E-state index in [-0.39, 0.29) is 34.3 Å². The van der Waals surface area contributed by atoms with Gasteiger partial charge in [0.05, 0.1) is 11.4 Å². The summed E-state index contributed by atoms with van der Waals surface area (Å²) < 4.78 is 44.1. The average molecular weight is 421 g/mol. The summed E-state index contributed by atoms with van der Waals surface area (Å²) in [5.74, 6) is -4.48. The number of hydrogen-bond donors (Lipinski definition) is 2. The maximum atomic E-state index is 14.1. The van der Waals surface area contributed by atoms with Gasteiger partial charge in [-0.1, -0.05) is 6.92 Å². The van der Waals surface area contributed by atoms with Gasteiger partial charge >= 0.3 is 12.6 Å². The number of carbonyl (C=O) groups excluding carboxylic acids is 1. The molecule has 2 N–H and O–H groups in total. The fourth-order valence-corrected chi connectivity index (χ4v) is 3.56. The number of phenols is 1. The number of carboxylic acid groups (broad SMARTS) is 1. The predicted octanol–water partition coefficient (Wildman–Crippen LogP) is 4.66. The van der Waals surface area contributed by atoms with Gasteiger partial charge in [-0.2, -0.15) is 8.78 Å². The molecular formula is C21H18F3NO5. The standard InChI is InChI=1S/C21H18F3NO5/c1-3-13(20(28)29)18-10(2)25(16-9-15(22)17(26)8-14(16)18)19(27)11-4-6-12(7-5-11)30-21(23)24/h4-9,13,21,26H,3H2,1-2H3,(H,28,29). The minimum Gasteiger partial charge on any atom is -0.505 e. The summed E-state index contributed by atoms with van der Waals surface area (Å²) in [5.41, 5.74) is 0.763. The molecule has 0 saturated carbocycles. The second-order valence-corrected chi connectivity index (χ2v) is 6.66. The summed E-state index contributed by atoms with van der Waals surface area (Å²) in [6.07, 6.45) is 0.210. The molecule has 0 amide bonds. The number of ether oxygens (including phenoxy) is 1. The van der Waals surface area contributed by atoms with Crippen LogP contribution in [0.2, 0.25) is 0 Å². The van der Waals surface area contributed by atoms with Gasteiger partial charge in [0.2, 0.25) is 0 Å². The molecule has 2 aromatic carbocycles. The number of aromatic nitrogens is 1. The Labute approximate surface area is 169 Å². The summed E-state index contributed by atoms with van der Waals surface area (Å²) in [4.78, 5) is 24.9. The average Bonchev–Trinajstić information content (AvgIpc) is 2.94. The van der Waals surface area contributed by atoms with E-state index in [0.717, 1.165) is 16.7 Å². The van der Waals surface area contributed by atoms with E-state index in [1.165, 1.54) is 31.2 Å². The Balaban J connectivity index is 2.20. The number of carboxylic acids is 1. The first kappa shape index (κ1) is 21.2. The first-order valence-electron chi connectivity index (χ1n) is 9.01. The third-order valence-electron chi connectivity index (χ3n) is 4.91. The molecule has 0 saturated heterocycles. The number of fused-ring (bicyclic) bond motifs is 1. The van der Waals surface area contributed by atoms with Crippen LogP contribution in [0.25, 0.3) is 10.9 Å². The lowest BCUT2D eigenvalue weighted by atomic mass is 9.94. The van der Waals surface area contributed by atoms with E-state index in [9.17, 15) is 33.0 Å². The van der Waals surface area contributed by atoms with Gasteiger partial charge in [-0.15, -0.1) is 0 Å². The largest absolute Gasteiger partial charge is 0.505 e. The molecule has 0 spiro atoms. The van der Waals surface area contributed by atoms with Crippen LogP contribution in [0, 0.1) is 12.7 Å². The van der Waals surface area contributed by atoms with E-state index in [0.29, 0.717) is 5.56 Å². The van der Waals surface area contributed by atoms with Crippen molar-refractivity contribution >= 4 is 22.8 Å². The van der Waals surface area contributed by atoms with Gasteiger partial charge in [-0.3, -0.25) is 14.2 Å². The fourth-order valence-electron chi connectivity index (χ4n) is 3.56. The Morgan fingerprint density at radius 3 is 2.33 bits per heavy atom. The summed E-state index contributed by atoms with van der Waals surface area (Å²) in [7, 11) is 0. The van der Waals surface area contributed by atoms with E-state index in [2.05, 4.69) is 4.74 Å². The van der Waals surface area contributed by atoms with Crippen molar-refractivity contribution in [3.8, 4) is 11.5 Å². The van der Waals surface area contributed by atoms with Crippen molar-refractivity contribution in [2.45, 2.75) is 32.8 Å². The Hall–Kier alpha value is -3.49. The molecule has 0 aliphatic heterocycles. The molecule has 0 fully saturated rings. The number of aliphatic carboxylic acids is 1. The Morgan fingerprint density at radius 2 is 1.80 bits per heavy atom. The monoisotopic (exact) mass is 421 g/mol. The number of nitrogens with zero attached hydrogens (tertiary/aromatic N) is 1. The number of rotatable bonds is 6. The Bertz CT molecular complexity index is 1120. The lowest BCUT2D eigenvalue weighted by Crippen LogP contribution is -2.16. The lowest BCUT2D eigenvalue weighted by Gasteiger charge is -2.12. The maximum absolute atomic E-state index is 14.1. The highest BCUT2D eigenvalue weighted by Crippen LogP contribution is 2.37. The van der Waals surface area contributed by atoms with Crippen LogP contribution in [-0.2, 0) is 4.79 Å². The second-order valence-electron chi connectivity index (χ2n) is 6.66. The maximum Gasteiger partial charge on any atom is 0.387 e. The van der Waals surface area contributed by atoms with E-state index in [4.69, 9.17) is 0 Å².